The molecule has 0 N–H and O–H groups in total. The number of ketones is 1. The number of hydrogen-bond donors (Lipinski definition) is 0. The van der Waals surface area contributed by atoms with Crippen LogP contribution in [0.1, 0.15) is 52.9 Å². The second kappa shape index (κ2) is 4.78. The zero-order valence-corrected chi connectivity index (χ0v) is 9.18. The normalized spacial score (nSPS) is 26.5. The van der Waals surface area contributed by atoms with Crippen LogP contribution in [0.4, 0.5) is 0 Å². The number of carbonyl (C=O) groups is 1. The van der Waals surface area contributed by atoms with E-state index < -0.39 is 0 Å². The van der Waals surface area contributed by atoms with Gasteiger partial charge in [0.25, 0.3) is 0 Å². The summed E-state index contributed by atoms with van der Waals surface area (Å²) in [6.07, 6.45) is 5.58. The highest BCUT2D eigenvalue weighted by atomic mass is 16.1. The predicted molar refractivity (Wildman–Crippen MR) is 55.6 cm³/mol. The topological polar surface area (TPSA) is 17.1 Å². The molecule has 0 aromatic heterocycles. The maximum atomic E-state index is 11.6. The molecule has 1 fully saturated rings. The van der Waals surface area contributed by atoms with Gasteiger partial charge in [-0.2, -0.15) is 0 Å². The number of hydrogen-bond acceptors (Lipinski definition) is 1. The van der Waals surface area contributed by atoms with Gasteiger partial charge in [-0.1, -0.05) is 27.2 Å². The maximum absolute atomic E-state index is 11.6. The third-order valence-corrected chi connectivity index (χ3v) is 3.13. The van der Waals surface area contributed by atoms with Crippen molar-refractivity contribution < 1.29 is 4.79 Å². The van der Waals surface area contributed by atoms with Crippen LogP contribution in [-0.2, 0) is 4.79 Å². The summed E-state index contributed by atoms with van der Waals surface area (Å²) in [6.45, 7) is 6.72. The van der Waals surface area contributed by atoms with Gasteiger partial charge in [0.1, 0.15) is 5.78 Å². The van der Waals surface area contributed by atoms with Gasteiger partial charge in [-0.3, -0.25) is 4.79 Å². The first-order valence-electron chi connectivity index (χ1n) is 5.64. The minimum absolute atomic E-state index is 0.385. The molecular formula is C12H22O. The molecule has 1 nitrogen and oxygen atoms in total. The molecule has 1 heteroatoms. The molecule has 0 heterocycles. The summed E-state index contributed by atoms with van der Waals surface area (Å²) in [5.74, 6) is 2.24. The summed E-state index contributed by atoms with van der Waals surface area (Å²) < 4.78 is 0. The minimum atomic E-state index is 0.385. The van der Waals surface area contributed by atoms with Crippen molar-refractivity contribution in [3.05, 3.63) is 0 Å². The van der Waals surface area contributed by atoms with E-state index in [2.05, 4.69) is 20.8 Å². The van der Waals surface area contributed by atoms with Crippen molar-refractivity contribution in [2.24, 2.45) is 17.8 Å². The average Bonchev–Trinajstić information content (AvgIpc) is 2.03. The summed E-state index contributed by atoms with van der Waals surface area (Å²) in [5, 5.41) is 0. The molecule has 1 rings (SSSR count). The molecule has 0 radical (unpaired) electrons. The van der Waals surface area contributed by atoms with E-state index in [1.165, 1.54) is 12.8 Å². The van der Waals surface area contributed by atoms with E-state index in [9.17, 15) is 4.79 Å². The van der Waals surface area contributed by atoms with Crippen molar-refractivity contribution in [2.45, 2.75) is 52.9 Å². The largest absolute Gasteiger partial charge is 0.299 e. The van der Waals surface area contributed by atoms with E-state index in [1.54, 1.807) is 0 Å². The SMILES string of the molecule is CC(C)CC(C)C1CCCCC1=O. The molecular weight excluding hydrogens is 160 g/mol. The zero-order valence-electron chi connectivity index (χ0n) is 9.18. The monoisotopic (exact) mass is 182 g/mol. The maximum Gasteiger partial charge on any atom is 0.136 e. The zero-order chi connectivity index (χ0) is 9.84. The van der Waals surface area contributed by atoms with E-state index in [1.807, 2.05) is 0 Å². The van der Waals surface area contributed by atoms with E-state index in [4.69, 9.17) is 0 Å². The standard InChI is InChI=1S/C12H22O/c1-9(2)8-10(3)11-6-4-5-7-12(11)13/h9-11H,4-8H2,1-3H3. The van der Waals surface area contributed by atoms with Gasteiger partial charge in [0.15, 0.2) is 0 Å². The molecule has 0 aliphatic heterocycles. The highest BCUT2D eigenvalue weighted by Crippen LogP contribution is 2.30. The van der Waals surface area contributed by atoms with Crippen molar-refractivity contribution in [1.29, 1.82) is 0 Å². The quantitative estimate of drug-likeness (QED) is 0.653. The van der Waals surface area contributed by atoms with Crippen LogP contribution in [0, 0.1) is 17.8 Å². The molecule has 0 aromatic rings. The first kappa shape index (κ1) is 10.7. The van der Waals surface area contributed by atoms with Gasteiger partial charge in [0.05, 0.1) is 0 Å². The van der Waals surface area contributed by atoms with Crippen molar-refractivity contribution in [2.75, 3.05) is 0 Å². The van der Waals surface area contributed by atoms with Crippen molar-refractivity contribution in [3.63, 3.8) is 0 Å². The van der Waals surface area contributed by atoms with Crippen molar-refractivity contribution in [3.8, 4) is 0 Å². The summed E-state index contributed by atoms with van der Waals surface area (Å²) >= 11 is 0. The fraction of sp³-hybridized carbons (Fsp3) is 0.917. The lowest BCUT2D eigenvalue weighted by molar-refractivity contribution is -0.126. The molecule has 1 saturated carbocycles. The smallest absolute Gasteiger partial charge is 0.136 e. The molecule has 0 amide bonds. The number of carbonyl (C=O) groups excluding carboxylic acids is 1. The Morgan fingerprint density at radius 2 is 2.00 bits per heavy atom. The number of rotatable bonds is 3. The summed E-state index contributed by atoms with van der Waals surface area (Å²) in [5.41, 5.74) is 0. The van der Waals surface area contributed by atoms with Crippen LogP contribution in [0.15, 0.2) is 0 Å². The third-order valence-electron chi connectivity index (χ3n) is 3.13. The van der Waals surface area contributed by atoms with E-state index in [-0.39, 0.29) is 0 Å². The molecule has 2 atom stereocenters. The molecule has 76 valence electrons. The highest BCUT2D eigenvalue weighted by Gasteiger charge is 2.27. The Morgan fingerprint density at radius 1 is 1.31 bits per heavy atom. The molecule has 0 bridgehead atoms. The lowest BCUT2D eigenvalue weighted by atomic mass is 9.77. The van der Waals surface area contributed by atoms with Crippen LogP contribution in [-0.4, -0.2) is 5.78 Å². The van der Waals surface area contributed by atoms with Gasteiger partial charge in [-0.05, 0) is 31.1 Å². The Balaban J connectivity index is 2.43. The summed E-state index contributed by atoms with van der Waals surface area (Å²) in [6, 6.07) is 0. The van der Waals surface area contributed by atoms with Gasteiger partial charge >= 0.3 is 0 Å². The van der Waals surface area contributed by atoms with Crippen molar-refractivity contribution in [1.82, 2.24) is 0 Å². The third kappa shape index (κ3) is 3.13. The van der Waals surface area contributed by atoms with Crippen LogP contribution >= 0.6 is 0 Å². The first-order valence-corrected chi connectivity index (χ1v) is 5.64. The van der Waals surface area contributed by atoms with Crippen LogP contribution in [0.3, 0.4) is 0 Å². The Kier molecular flexibility index (Phi) is 3.95. The Bertz CT molecular complexity index is 172. The summed E-state index contributed by atoms with van der Waals surface area (Å²) in [4.78, 5) is 11.6. The van der Waals surface area contributed by atoms with E-state index in [0.29, 0.717) is 17.6 Å². The second-order valence-electron chi connectivity index (χ2n) is 4.93. The van der Waals surface area contributed by atoms with Crippen LogP contribution in [0.5, 0.6) is 0 Å². The fourth-order valence-corrected chi connectivity index (χ4v) is 2.52. The van der Waals surface area contributed by atoms with Gasteiger partial charge in [-0.15, -0.1) is 0 Å². The molecule has 0 aromatic carbocycles. The Labute approximate surface area is 81.9 Å². The van der Waals surface area contributed by atoms with Crippen LogP contribution < -0.4 is 0 Å². The lowest BCUT2D eigenvalue weighted by Gasteiger charge is -2.27. The van der Waals surface area contributed by atoms with Crippen molar-refractivity contribution >= 4 is 5.78 Å². The average molecular weight is 182 g/mol. The predicted octanol–water partition coefficient (Wildman–Crippen LogP) is 3.43. The Hall–Kier alpha value is -0.330. The van der Waals surface area contributed by atoms with E-state index in [0.717, 1.165) is 25.2 Å². The Morgan fingerprint density at radius 3 is 2.54 bits per heavy atom. The van der Waals surface area contributed by atoms with E-state index >= 15 is 0 Å². The fourth-order valence-electron chi connectivity index (χ4n) is 2.52. The molecule has 2 unspecified atom stereocenters. The molecule has 13 heavy (non-hydrogen) atoms. The van der Waals surface area contributed by atoms with Gasteiger partial charge in [0.2, 0.25) is 0 Å². The second-order valence-corrected chi connectivity index (χ2v) is 4.93. The highest BCUT2D eigenvalue weighted by molar-refractivity contribution is 5.81. The van der Waals surface area contributed by atoms with Crippen LogP contribution in [0.2, 0.25) is 0 Å². The minimum Gasteiger partial charge on any atom is -0.299 e. The molecule has 1 aliphatic carbocycles. The van der Waals surface area contributed by atoms with Gasteiger partial charge in [0, 0.05) is 12.3 Å². The molecule has 0 saturated heterocycles. The molecule has 1 aliphatic rings. The van der Waals surface area contributed by atoms with Crippen LogP contribution in [0.25, 0.3) is 0 Å². The first-order chi connectivity index (χ1) is 6.11. The van der Waals surface area contributed by atoms with Gasteiger partial charge < -0.3 is 0 Å². The molecule has 0 spiro atoms. The van der Waals surface area contributed by atoms with Gasteiger partial charge in [-0.25, -0.2) is 0 Å². The summed E-state index contributed by atoms with van der Waals surface area (Å²) in [7, 11) is 0. The lowest BCUT2D eigenvalue weighted by Crippen LogP contribution is -2.26. The number of Topliss-reactive ketones (excluding diaryl/α,β-unsaturated/α-hetero) is 1.